The Bertz CT molecular complexity index is 1210. The van der Waals surface area contributed by atoms with Gasteiger partial charge >= 0.3 is 0 Å². The summed E-state index contributed by atoms with van der Waals surface area (Å²) in [5, 5.41) is 9.02. The van der Waals surface area contributed by atoms with Gasteiger partial charge in [0.1, 0.15) is 5.39 Å². The summed E-state index contributed by atoms with van der Waals surface area (Å²) in [6.45, 7) is 6.50. The van der Waals surface area contributed by atoms with Crippen LogP contribution in [0.4, 0.5) is 5.95 Å². The van der Waals surface area contributed by atoms with Crippen molar-refractivity contribution in [2.45, 2.75) is 39.4 Å². The van der Waals surface area contributed by atoms with Gasteiger partial charge < -0.3 is 5.32 Å². The summed E-state index contributed by atoms with van der Waals surface area (Å²) in [6, 6.07) is 17.6. The fourth-order valence-corrected chi connectivity index (χ4v) is 3.58. The molecule has 7 heteroatoms. The number of hydrogen-bond donors (Lipinski definition) is 1. The van der Waals surface area contributed by atoms with Crippen molar-refractivity contribution >= 4 is 28.6 Å². The molecular weight excluding hydrogens is 398 g/mol. The highest BCUT2D eigenvalue weighted by molar-refractivity contribution is 6.30. The maximum absolute atomic E-state index is 13.4. The molecule has 4 aromatic rings. The third kappa shape index (κ3) is 3.96. The van der Waals surface area contributed by atoms with Crippen LogP contribution in [0, 0.1) is 0 Å². The maximum Gasteiger partial charge on any atom is 0.266 e. The first kappa shape index (κ1) is 20.2. The molecule has 4 rings (SSSR count). The third-order valence-corrected chi connectivity index (χ3v) is 5.35. The molecule has 2 aromatic heterocycles. The van der Waals surface area contributed by atoms with Gasteiger partial charge in [-0.05, 0) is 44.0 Å². The average Bonchev–Trinajstić information content (AvgIpc) is 3.16. The number of benzene rings is 2. The van der Waals surface area contributed by atoms with Gasteiger partial charge in [-0.2, -0.15) is 10.1 Å². The Balaban J connectivity index is 1.81. The lowest BCUT2D eigenvalue weighted by molar-refractivity contribution is 0.545. The molecule has 0 saturated heterocycles. The molecule has 30 heavy (non-hydrogen) atoms. The van der Waals surface area contributed by atoms with Crippen LogP contribution in [0.2, 0.25) is 5.02 Å². The zero-order chi connectivity index (χ0) is 21.3. The van der Waals surface area contributed by atoms with Crippen molar-refractivity contribution in [2.75, 3.05) is 5.32 Å². The fraction of sp³-hybridized carbons (Fsp3) is 0.261. The summed E-state index contributed by atoms with van der Waals surface area (Å²) < 4.78 is 3.46. The normalized spacial score (nSPS) is 12.4. The number of nitrogens with zero attached hydrogens (tertiary/aromatic N) is 4. The molecule has 0 radical (unpaired) electrons. The first-order chi connectivity index (χ1) is 14.4. The van der Waals surface area contributed by atoms with Gasteiger partial charge in [-0.3, -0.25) is 9.36 Å². The van der Waals surface area contributed by atoms with Crippen molar-refractivity contribution in [1.82, 2.24) is 19.3 Å². The van der Waals surface area contributed by atoms with Gasteiger partial charge in [-0.15, -0.1) is 0 Å². The SMILES string of the molecule is CC(C)n1ncc2c(=O)n(Cc3ccccc3)c(N[C@H](C)c3ccc(Cl)cc3)nc21. The lowest BCUT2D eigenvalue weighted by atomic mass is 10.1. The molecule has 0 fully saturated rings. The summed E-state index contributed by atoms with van der Waals surface area (Å²) in [5.74, 6) is 0.515. The number of anilines is 1. The van der Waals surface area contributed by atoms with E-state index in [9.17, 15) is 4.79 Å². The molecule has 0 aliphatic heterocycles. The highest BCUT2D eigenvalue weighted by Gasteiger charge is 2.18. The van der Waals surface area contributed by atoms with E-state index in [1.165, 1.54) is 0 Å². The molecule has 1 N–H and O–H groups in total. The molecule has 0 amide bonds. The minimum atomic E-state index is -0.110. The summed E-state index contributed by atoms with van der Waals surface area (Å²) >= 11 is 6.02. The van der Waals surface area contributed by atoms with E-state index in [0.29, 0.717) is 28.5 Å². The molecule has 0 aliphatic carbocycles. The summed E-state index contributed by atoms with van der Waals surface area (Å²) in [7, 11) is 0. The highest BCUT2D eigenvalue weighted by Crippen LogP contribution is 2.22. The zero-order valence-corrected chi connectivity index (χ0v) is 18.0. The van der Waals surface area contributed by atoms with Crippen LogP contribution in [0.1, 0.15) is 44.0 Å². The predicted molar refractivity (Wildman–Crippen MR) is 121 cm³/mol. The van der Waals surface area contributed by atoms with Gasteiger partial charge in [0.05, 0.1) is 18.8 Å². The third-order valence-electron chi connectivity index (χ3n) is 5.10. The van der Waals surface area contributed by atoms with Crippen LogP contribution in [-0.4, -0.2) is 19.3 Å². The van der Waals surface area contributed by atoms with E-state index in [0.717, 1.165) is 11.1 Å². The highest BCUT2D eigenvalue weighted by atomic mass is 35.5. The molecule has 0 bridgehead atoms. The molecular formula is C23H24ClN5O. The first-order valence-electron chi connectivity index (χ1n) is 9.98. The predicted octanol–water partition coefficient (Wildman–Crippen LogP) is 5.05. The van der Waals surface area contributed by atoms with Crippen LogP contribution in [0.3, 0.4) is 0 Å². The minimum absolute atomic E-state index is 0.0657. The Morgan fingerprint density at radius 2 is 1.73 bits per heavy atom. The van der Waals surface area contributed by atoms with Crippen LogP contribution >= 0.6 is 11.6 Å². The van der Waals surface area contributed by atoms with E-state index in [2.05, 4.69) is 10.4 Å². The molecule has 1 atom stereocenters. The van der Waals surface area contributed by atoms with Crippen molar-refractivity contribution in [3.63, 3.8) is 0 Å². The van der Waals surface area contributed by atoms with Gasteiger partial charge in [-0.1, -0.05) is 54.1 Å². The number of rotatable bonds is 6. The number of aromatic nitrogens is 4. The van der Waals surface area contributed by atoms with E-state index in [1.807, 2.05) is 75.4 Å². The summed E-state index contributed by atoms with van der Waals surface area (Å²) in [5.41, 5.74) is 2.56. The van der Waals surface area contributed by atoms with Gasteiger partial charge in [0, 0.05) is 11.1 Å². The quantitative estimate of drug-likeness (QED) is 0.473. The smallest absolute Gasteiger partial charge is 0.266 e. The first-order valence-corrected chi connectivity index (χ1v) is 10.4. The standard InChI is InChI=1S/C23H24ClN5O/c1-15(2)29-21-20(13-25-29)22(30)28(14-17-7-5-4-6-8-17)23(27-21)26-16(3)18-9-11-19(24)12-10-18/h4-13,15-16H,14H2,1-3H3,(H,26,27)/t16-/m1/s1. The second-order valence-corrected chi connectivity index (χ2v) is 8.09. The number of fused-ring (bicyclic) bond motifs is 1. The van der Waals surface area contributed by atoms with Crippen LogP contribution in [0.5, 0.6) is 0 Å². The van der Waals surface area contributed by atoms with Crippen molar-refractivity contribution in [3.05, 3.63) is 87.3 Å². The van der Waals surface area contributed by atoms with E-state index in [4.69, 9.17) is 16.6 Å². The van der Waals surface area contributed by atoms with E-state index in [-0.39, 0.29) is 17.6 Å². The number of halogens is 1. The summed E-state index contributed by atoms with van der Waals surface area (Å²) in [6.07, 6.45) is 1.61. The van der Waals surface area contributed by atoms with E-state index >= 15 is 0 Å². The van der Waals surface area contributed by atoms with Crippen molar-refractivity contribution in [3.8, 4) is 0 Å². The van der Waals surface area contributed by atoms with Crippen molar-refractivity contribution in [2.24, 2.45) is 0 Å². The monoisotopic (exact) mass is 421 g/mol. The number of hydrogen-bond acceptors (Lipinski definition) is 4. The molecule has 6 nitrogen and oxygen atoms in total. The molecule has 154 valence electrons. The van der Waals surface area contributed by atoms with Gasteiger partial charge in [0.2, 0.25) is 5.95 Å². The molecule has 0 unspecified atom stereocenters. The fourth-order valence-electron chi connectivity index (χ4n) is 3.45. The molecule has 0 spiro atoms. The largest absolute Gasteiger partial charge is 0.349 e. The van der Waals surface area contributed by atoms with Crippen LogP contribution in [-0.2, 0) is 6.54 Å². The second-order valence-electron chi connectivity index (χ2n) is 7.65. The Morgan fingerprint density at radius 3 is 2.40 bits per heavy atom. The Labute approximate surface area is 180 Å². The van der Waals surface area contributed by atoms with Crippen LogP contribution in [0.15, 0.2) is 65.6 Å². The Hall–Kier alpha value is -3.12. The van der Waals surface area contributed by atoms with Crippen molar-refractivity contribution < 1.29 is 0 Å². The van der Waals surface area contributed by atoms with E-state index in [1.54, 1.807) is 15.4 Å². The van der Waals surface area contributed by atoms with Gasteiger partial charge in [-0.25, -0.2) is 4.68 Å². The topological polar surface area (TPSA) is 64.7 Å². The molecule has 2 aromatic carbocycles. The maximum atomic E-state index is 13.4. The van der Waals surface area contributed by atoms with Gasteiger partial charge in [0.15, 0.2) is 5.65 Å². The lowest BCUT2D eigenvalue weighted by Gasteiger charge is -2.19. The number of nitrogens with one attached hydrogen (secondary N) is 1. The van der Waals surface area contributed by atoms with Gasteiger partial charge in [0.25, 0.3) is 5.56 Å². The minimum Gasteiger partial charge on any atom is -0.349 e. The molecule has 2 heterocycles. The average molecular weight is 422 g/mol. The van der Waals surface area contributed by atoms with Crippen LogP contribution in [0.25, 0.3) is 11.0 Å². The van der Waals surface area contributed by atoms with Crippen molar-refractivity contribution in [1.29, 1.82) is 0 Å². The Kier molecular flexibility index (Phi) is 5.59. The molecule has 0 saturated carbocycles. The lowest BCUT2D eigenvalue weighted by Crippen LogP contribution is -2.27. The zero-order valence-electron chi connectivity index (χ0n) is 17.2. The summed E-state index contributed by atoms with van der Waals surface area (Å²) in [4.78, 5) is 18.2. The van der Waals surface area contributed by atoms with E-state index < -0.39 is 0 Å². The Morgan fingerprint density at radius 1 is 1.03 bits per heavy atom. The van der Waals surface area contributed by atoms with Crippen LogP contribution < -0.4 is 10.9 Å². The second kappa shape index (κ2) is 8.32. The molecule has 0 aliphatic rings.